The molecule has 2 aromatic rings. The maximum Gasteiger partial charge on any atom is 0.141 e. The van der Waals surface area contributed by atoms with Crippen molar-refractivity contribution in [1.29, 1.82) is 0 Å². The van der Waals surface area contributed by atoms with Crippen LogP contribution in [0.2, 0.25) is 0 Å². The number of hydrogen-bond acceptors (Lipinski definition) is 2. The summed E-state index contributed by atoms with van der Waals surface area (Å²) in [6.45, 7) is 3.24. The van der Waals surface area contributed by atoms with Gasteiger partial charge in [0.2, 0.25) is 0 Å². The van der Waals surface area contributed by atoms with Crippen molar-refractivity contribution in [3.05, 3.63) is 65.0 Å². The molecule has 0 aliphatic carbocycles. The van der Waals surface area contributed by atoms with E-state index in [1.54, 1.807) is 13.0 Å². The van der Waals surface area contributed by atoms with E-state index in [9.17, 15) is 13.9 Å². The van der Waals surface area contributed by atoms with Crippen LogP contribution in [0.3, 0.4) is 0 Å². The molecule has 0 bridgehead atoms. The maximum absolute atomic E-state index is 13.3. The van der Waals surface area contributed by atoms with Gasteiger partial charge in [0.05, 0.1) is 11.9 Å². The van der Waals surface area contributed by atoms with Crippen LogP contribution < -0.4 is 0 Å². The highest BCUT2D eigenvalue weighted by Crippen LogP contribution is 2.28. The van der Waals surface area contributed by atoms with Gasteiger partial charge in [-0.15, -0.1) is 0 Å². The molecule has 0 aliphatic rings. The second-order valence-corrected chi connectivity index (χ2v) is 4.45. The van der Waals surface area contributed by atoms with Gasteiger partial charge in [0, 0.05) is 0 Å². The van der Waals surface area contributed by atoms with E-state index in [1.807, 2.05) is 0 Å². The van der Waals surface area contributed by atoms with E-state index >= 15 is 0 Å². The number of pyridine rings is 1. The lowest BCUT2D eigenvalue weighted by Crippen LogP contribution is -2.24. The molecule has 2 rings (SSSR count). The van der Waals surface area contributed by atoms with Crippen LogP contribution in [0.15, 0.2) is 36.5 Å². The average molecular weight is 249 g/mol. The Balaban J connectivity index is 2.49. The standard InChI is InChI=1S/C14H13F2NO/c1-9-5-10(7-12(16)6-9)14(2,18)13-4-3-11(15)8-17-13/h3-8,18H,1-2H3. The monoisotopic (exact) mass is 249 g/mol. The molecule has 0 aliphatic heterocycles. The number of halogens is 2. The van der Waals surface area contributed by atoms with Crippen molar-refractivity contribution < 1.29 is 13.9 Å². The highest BCUT2D eigenvalue weighted by Gasteiger charge is 2.27. The van der Waals surface area contributed by atoms with Gasteiger partial charge in [0.15, 0.2) is 0 Å². The number of aryl methyl sites for hydroxylation is 1. The molecule has 0 spiro atoms. The highest BCUT2D eigenvalue weighted by molar-refractivity contribution is 5.34. The molecule has 0 fully saturated rings. The Morgan fingerprint density at radius 2 is 1.83 bits per heavy atom. The first-order chi connectivity index (χ1) is 8.39. The third-order valence-corrected chi connectivity index (χ3v) is 2.83. The van der Waals surface area contributed by atoms with Crippen LogP contribution in [-0.4, -0.2) is 10.1 Å². The molecule has 0 saturated heterocycles. The van der Waals surface area contributed by atoms with E-state index in [2.05, 4.69) is 4.98 Å². The minimum Gasteiger partial charge on any atom is -0.379 e. The van der Waals surface area contributed by atoms with Crippen LogP contribution >= 0.6 is 0 Å². The molecule has 4 heteroatoms. The van der Waals surface area contributed by atoms with E-state index in [0.717, 1.165) is 6.20 Å². The molecule has 1 aromatic heterocycles. The first-order valence-corrected chi connectivity index (χ1v) is 5.51. The van der Waals surface area contributed by atoms with Gasteiger partial charge in [0.25, 0.3) is 0 Å². The number of aliphatic hydroxyl groups is 1. The fraction of sp³-hybridized carbons (Fsp3) is 0.214. The minimum absolute atomic E-state index is 0.272. The third kappa shape index (κ3) is 2.38. The molecule has 0 radical (unpaired) electrons. The van der Waals surface area contributed by atoms with E-state index < -0.39 is 17.2 Å². The number of rotatable bonds is 2. The van der Waals surface area contributed by atoms with Crippen LogP contribution in [0.25, 0.3) is 0 Å². The summed E-state index contributed by atoms with van der Waals surface area (Å²) >= 11 is 0. The zero-order valence-electron chi connectivity index (χ0n) is 10.1. The second-order valence-electron chi connectivity index (χ2n) is 4.45. The van der Waals surface area contributed by atoms with Crippen molar-refractivity contribution in [2.24, 2.45) is 0 Å². The molecule has 0 amide bonds. The van der Waals surface area contributed by atoms with Crippen LogP contribution in [0.1, 0.15) is 23.7 Å². The van der Waals surface area contributed by atoms with Gasteiger partial charge < -0.3 is 5.11 Å². The number of hydrogen-bond donors (Lipinski definition) is 1. The SMILES string of the molecule is Cc1cc(F)cc(C(C)(O)c2ccc(F)cn2)c1. The Morgan fingerprint density at radius 1 is 1.11 bits per heavy atom. The summed E-state index contributed by atoms with van der Waals surface area (Å²) in [6, 6.07) is 6.89. The van der Waals surface area contributed by atoms with Crippen molar-refractivity contribution >= 4 is 0 Å². The molecular weight excluding hydrogens is 236 g/mol. The van der Waals surface area contributed by atoms with Crippen LogP contribution in [-0.2, 0) is 5.60 Å². The van der Waals surface area contributed by atoms with E-state index in [0.29, 0.717) is 11.1 Å². The van der Waals surface area contributed by atoms with Crippen molar-refractivity contribution in [3.8, 4) is 0 Å². The lowest BCUT2D eigenvalue weighted by atomic mass is 9.91. The summed E-state index contributed by atoms with van der Waals surface area (Å²) in [4.78, 5) is 3.84. The van der Waals surface area contributed by atoms with E-state index in [-0.39, 0.29) is 5.69 Å². The Bertz CT molecular complexity index is 544. The Kier molecular flexibility index (Phi) is 3.13. The molecule has 94 valence electrons. The highest BCUT2D eigenvalue weighted by atomic mass is 19.1. The zero-order valence-corrected chi connectivity index (χ0v) is 10.1. The number of aromatic nitrogens is 1. The predicted molar refractivity (Wildman–Crippen MR) is 64.0 cm³/mol. The lowest BCUT2D eigenvalue weighted by molar-refractivity contribution is 0.0968. The summed E-state index contributed by atoms with van der Waals surface area (Å²) in [5, 5.41) is 10.4. The zero-order chi connectivity index (χ0) is 13.3. The maximum atomic E-state index is 13.3. The summed E-state index contributed by atoms with van der Waals surface area (Å²) in [6.07, 6.45) is 1.02. The summed E-state index contributed by atoms with van der Waals surface area (Å²) < 4.78 is 26.1. The fourth-order valence-electron chi connectivity index (χ4n) is 1.83. The molecule has 1 N–H and O–H groups in total. The van der Waals surface area contributed by atoms with Gasteiger partial charge in [-0.3, -0.25) is 4.98 Å². The van der Waals surface area contributed by atoms with E-state index in [1.165, 1.54) is 31.2 Å². The Labute approximate surface area is 104 Å². The summed E-state index contributed by atoms with van der Waals surface area (Å²) in [5.41, 5.74) is -0.0963. The van der Waals surface area contributed by atoms with Gasteiger partial charge >= 0.3 is 0 Å². The minimum atomic E-state index is -1.46. The topological polar surface area (TPSA) is 33.1 Å². The molecule has 1 aromatic carbocycles. The first-order valence-electron chi connectivity index (χ1n) is 5.51. The normalized spacial score (nSPS) is 14.3. The van der Waals surface area contributed by atoms with Gasteiger partial charge in [-0.25, -0.2) is 8.78 Å². The van der Waals surface area contributed by atoms with Gasteiger partial charge in [-0.05, 0) is 49.2 Å². The largest absolute Gasteiger partial charge is 0.379 e. The molecule has 1 atom stereocenters. The number of benzene rings is 1. The summed E-state index contributed by atoms with van der Waals surface area (Å²) in [5.74, 6) is -0.905. The molecule has 2 nitrogen and oxygen atoms in total. The van der Waals surface area contributed by atoms with Crippen LogP contribution in [0.5, 0.6) is 0 Å². The first kappa shape index (κ1) is 12.6. The van der Waals surface area contributed by atoms with Crippen molar-refractivity contribution in [3.63, 3.8) is 0 Å². The molecule has 0 saturated carbocycles. The molecule has 1 heterocycles. The quantitative estimate of drug-likeness (QED) is 0.887. The Morgan fingerprint density at radius 3 is 2.39 bits per heavy atom. The fourth-order valence-corrected chi connectivity index (χ4v) is 1.83. The average Bonchev–Trinajstić information content (AvgIpc) is 2.28. The van der Waals surface area contributed by atoms with Gasteiger partial charge in [-0.2, -0.15) is 0 Å². The van der Waals surface area contributed by atoms with Crippen molar-refractivity contribution in [2.75, 3.05) is 0 Å². The predicted octanol–water partition coefficient (Wildman–Crippen LogP) is 2.92. The van der Waals surface area contributed by atoms with Crippen molar-refractivity contribution in [2.45, 2.75) is 19.4 Å². The van der Waals surface area contributed by atoms with Gasteiger partial charge in [0.1, 0.15) is 17.2 Å². The second kappa shape index (κ2) is 4.46. The Hall–Kier alpha value is -1.81. The third-order valence-electron chi connectivity index (χ3n) is 2.83. The molecular formula is C14H13F2NO. The summed E-state index contributed by atoms with van der Waals surface area (Å²) in [7, 11) is 0. The van der Waals surface area contributed by atoms with Crippen LogP contribution in [0.4, 0.5) is 8.78 Å². The van der Waals surface area contributed by atoms with Crippen molar-refractivity contribution in [1.82, 2.24) is 4.98 Å². The number of nitrogens with zero attached hydrogens (tertiary/aromatic N) is 1. The van der Waals surface area contributed by atoms with E-state index in [4.69, 9.17) is 0 Å². The molecule has 1 unspecified atom stereocenters. The molecule has 18 heavy (non-hydrogen) atoms. The smallest absolute Gasteiger partial charge is 0.141 e. The van der Waals surface area contributed by atoms with Crippen LogP contribution in [0, 0.1) is 18.6 Å². The van der Waals surface area contributed by atoms with Gasteiger partial charge in [-0.1, -0.05) is 6.07 Å². The lowest BCUT2D eigenvalue weighted by Gasteiger charge is -2.23.